The predicted octanol–water partition coefficient (Wildman–Crippen LogP) is 2.43. The second kappa shape index (κ2) is 5.48. The Labute approximate surface area is 106 Å². The molecule has 0 spiro atoms. The fourth-order valence-electron chi connectivity index (χ4n) is 1.91. The molecule has 2 aromatic rings. The van der Waals surface area contributed by atoms with E-state index in [1.165, 1.54) is 0 Å². The maximum atomic E-state index is 5.52. The van der Waals surface area contributed by atoms with Gasteiger partial charge in [-0.05, 0) is 18.9 Å². The Morgan fingerprint density at radius 1 is 1.33 bits per heavy atom. The maximum Gasteiger partial charge on any atom is 0.221 e. The zero-order valence-corrected chi connectivity index (χ0v) is 10.6. The molecule has 0 aliphatic carbocycles. The van der Waals surface area contributed by atoms with Gasteiger partial charge in [-0.2, -0.15) is 10.1 Å². The molecule has 4 N–H and O–H groups in total. The molecule has 6 heteroatoms. The lowest BCUT2D eigenvalue weighted by molar-refractivity contribution is 0.621. The first-order valence-electron chi connectivity index (χ1n) is 6.13. The number of rotatable bonds is 5. The van der Waals surface area contributed by atoms with Crippen molar-refractivity contribution in [1.29, 1.82) is 0 Å². The standard InChI is InChI=1S/C12H18N6/c1-3-8(4-2)9-7-11(18-17-9)15-10-5-6-14-12(13)16-10/h5-8H,3-4H2,1-2H3,(H4,13,14,15,16,17,18). The molecule has 18 heavy (non-hydrogen) atoms. The van der Waals surface area contributed by atoms with Crippen LogP contribution in [0.5, 0.6) is 0 Å². The summed E-state index contributed by atoms with van der Waals surface area (Å²) in [5, 5.41) is 10.4. The van der Waals surface area contributed by atoms with Gasteiger partial charge in [0.1, 0.15) is 5.82 Å². The number of anilines is 3. The first kappa shape index (κ1) is 12.3. The van der Waals surface area contributed by atoms with Crippen LogP contribution < -0.4 is 11.1 Å². The van der Waals surface area contributed by atoms with Crippen molar-refractivity contribution in [1.82, 2.24) is 20.2 Å². The predicted molar refractivity (Wildman–Crippen MR) is 71.6 cm³/mol. The van der Waals surface area contributed by atoms with Gasteiger partial charge in [-0.25, -0.2) is 4.98 Å². The summed E-state index contributed by atoms with van der Waals surface area (Å²) in [7, 11) is 0. The van der Waals surface area contributed by atoms with Crippen molar-refractivity contribution in [3.63, 3.8) is 0 Å². The lowest BCUT2D eigenvalue weighted by Crippen LogP contribution is -1.99. The molecule has 0 radical (unpaired) electrons. The van der Waals surface area contributed by atoms with E-state index in [0.29, 0.717) is 11.7 Å². The van der Waals surface area contributed by atoms with Crippen LogP contribution in [-0.2, 0) is 0 Å². The molecular weight excluding hydrogens is 228 g/mol. The van der Waals surface area contributed by atoms with Gasteiger partial charge in [0.05, 0.1) is 0 Å². The summed E-state index contributed by atoms with van der Waals surface area (Å²) in [5.74, 6) is 2.15. The number of nitrogens with zero attached hydrogens (tertiary/aromatic N) is 3. The fraction of sp³-hybridized carbons (Fsp3) is 0.417. The maximum absolute atomic E-state index is 5.52. The van der Waals surface area contributed by atoms with Crippen LogP contribution in [0.4, 0.5) is 17.6 Å². The van der Waals surface area contributed by atoms with E-state index in [0.717, 1.165) is 24.4 Å². The Hall–Kier alpha value is -2.11. The minimum atomic E-state index is 0.246. The van der Waals surface area contributed by atoms with Crippen molar-refractivity contribution in [2.24, 2.45) is 0 Å². The highest BCUT2D eigenvalue weighted by molar-refractivity contribution is 5.52. The highest BCUT2D eigenvalue weighted by Gasteiger charge is 2.10. The molecule has 2 rings (SSSR count). The molecule has 0 aromatic carbocycles. The molecule has 96 valence electrons. The fourth-order valence-corrected chi connectivity index (χ4v) is 1.91. The van der Waals surface area contributed by atoms with Gasteiger partial charge in [0.15, 0.2) is 5.82 Å². The number of hydrogen-bond acceptors (Lipinski definition) is 5. The van der Waals surface area contributed by atoms with Gasteiger partial charge in [-0.1, -0.05) is 13.8 Å². The summed E-state index contributed by atoms with van der Waals surface area (Å²) >= 11 is 0. The Bertz CT molecular complexity index is 503. The van der Waals surface area contributed by atoms with E-state index in [4.69, 9.17) is 5.73 Å². The molecule has 0 saturated heterocycles. The Kier molecular flexibility index (Phi) is 3.76. The van der Waals surface area contributed by atoms with Crippen LogP contribution in [0.15, 0.2) is 18.3 Å². The smallest absolute Gasteiger partial charge is 0.221 e. The number of aromatic amines is 1. The Morgan fingerprint density at radius 2 is 2.11 bits per heavy atom. The molecule has 2 heterocycles. The van der Waals surface area contributed by atoms with Crippen LogP contribution in [0.3, 0.4) is 0 Å². The quantitative estimate of drug-likeness (QED) is 0.753. The molecule has 0 unspecified atom stereocenters. The third kappa shape index (κ3) is 2.77. The van der Waals surface area contributed by atoms with Crippen molar-refractivity contribution in [2.45, 2.75) is 32.6 Å². The van der Waals surface area contributed by atoms with Crippen LogP contribution in [0, 0.1) is 0 Å². The van der Waals surface area contributed by atoms with Gasteiger partial charge in [0.2, 0.25) is 5.95 Å². The van der Waals surface area contributed by atoms with Gasteiger partial charge in [0, 0.05) is 23.9 Å². The molecule has 0 saturated carbocycles. The van der Waals surface area contributed by atoms with E-state index in [9.17, 15) is 0 Å². The highest BCUT2D eigenvalue weighted by atomic mass is 15.2. The van der Waals surface area contributed by atoms with Gasteiger partial charge in [-0.3, -0.25) is 5.10 Å². The van der Waals surface area contributed by atoms with E-state index in [1.54, 1.807) is 12.3 Å². The summed E-state index contributed by atoms with van der Waals surface area (Å²) in [6, 6.07) is 3.76. The van der Waals surface area contributed by atoms with E-state index < -0.39 is 0 Å². The van der Waals surface area contributed by atoms with Crippen LogP contribution in [0.2, 0.25) is 0 Å². The third-order valence-electron chi connectivity index (χ3n) is 2.95. The molecule has 6 nitrogen and oxygen atoms in total. The third-order valence-corrected chi connectivity index (χ3v) is 2.95. The average molecular weight is 246 g/mol. The zero-order chi connectivity index (χ0) is 13.0. The highest BCUT2D eigenvalue weighted by Crippen LogP contribution is 2.23. The van der Waals surface area contributed by atoms with Gasteiger partial charge < -0.3 is 11.1 Å². The molecule has 2 aromatic heterocycles. The lowest BCUT2D eigenvalue weighted by atomic mass is 10.00. The summed E-state index contributed by atoms with van der Waals surface area (Å²) < 4.78 is 0. The summed E-state index contributed by atoms with van der Waals surface area (Å²) in [6.45, 7) is 4.35. The van der Waals surface area contributed by atoms with E-state index in [2.05, 4.69) is 39.3 Å². The molecule has 0 bridgehead atoms. The van der Waals surface area contributed by atoms with Crippen LogP contribution >= 0.6 is 0 Å². The normalized spacial score (nSPS) is 10.8. The number of hydrogen-bond donors (Lipinski definition) is 3. The number of nitrogen functional groups attached to an aromatic ring is 1. The Balaban J connectivity index is 2.11. The largest absolute Gasteiger partial charge is 0.368 e. The lowest BCUT2D eigenvalue weighted by Gasteiger charge is -2.07. The summed E-state index contributed by atoms with van der Waals surface area (Å²) in [4.78, 5) is 7.90. The minimum Gasteiger partial charge on any atom is -0.368 e. The van der Waals surface area contributed by atoms with Crippen molar-refractivity contribution in [3.05, 3.63) is 24.0 Å². The van der Waals surface area contributed by atoms with E-state index >= 15 is 0 Å². The molecule has 0 amide bonds. The summed E-state index contributed by atoms with van der Waals surface area (Å²) in [5.41, 5.74) is 6.66. The monoisotopic (exact) mass is 246 g/mol. The van der Waals surface area contributed by atoms with E-state index in [-0.39, 0.29) is 5.95 Å². The van der Waals surface area contributed by atoms with Crippen molar-refractivity contribution in [3.8, 4) is 0 Å². The Morgan fingerprint density at radius 3 is 2.78 bits per heavy atom. The number of H-pyrrole nitrogens is 1. The van der Waals surface area contributed by atoms with Crippen LogP contribution in [-0.4, -0.2) is 20.2 Å². The van der Waals surface area contributed by atoms with Crippen molar-refractivity contribution < 1.29 is 0 Å². The number of aromatic nitrogens is 4. The SMILES string of the molecule is CCC(CC)c1cc(Nc2ccnc(N)n2)n[nH]1. The zero-order valence-electron chi connectivity index (χ0n) is 10.6. The molecule has 0 aliphatic heterocycles. The molecular formula is C12H18N6. The average Bonchev–Trinajstić information content (AvgIpc) is 2.79. The van der Waals surface area contributed by atoms with Gasteiger partial charge in [-0.15, -0.1) is 0 Å². The van der Waals surface area contributed by atoms with Gasteiger partial charge in [0.25, 0.3) is 0 Å². The van der Waals surface area contributed by atoms with Crippen LogP contribution in [0.25, 0.3) is 0 Å². The van der Waals surface area contributed by atoms with Crippen molar-refractivity contribution >= 4 is 17.6 Å². The van der Waals surface area contributed by atoms with Crippen LogP contribution in [0.1, 0.15) is 38.3 Å². The first-order chi connectivity index (χ1) is 8.72. The minimum absolute atomic E-state index is 0.246. The summed E-state index contributed by atoms with van der Waals surface area (Å²) in [6.07, 6.45) is 3.80. The molecule has 0 fully saturated rings. The van der Waals surface area contributed by atoms with Crippen molar-refractivity contribution in [2.75, 3.05) is 11.1 Å². The second-order valence-corrected chi connectivity index (χ2v) is 4.15. The van der Waals surface area contributed by atoms with Gasteiger partial charge >= 0.3 is 0 Å². The molecule has 0 atom stereocenters. The number of nitrogens with two attached hydrogens (primary N) is 1. The topological polar surface area (TPSA) is 92.5 Å². The second-order valence-electron chi connectivity index (χ2n) is 4.15. The molecule has 0 aliphatic rings. The first-order valence-corrected chi connectivity index (χ1v) is 6.13. The van der Waals surface area contributed by atoms with E-state index in [1.807, 2.05) is 6.07 Å². The number of nitrogens with one attached hydrogen (secondary N) is 2.